The van der Waals surface area contributed by atoms with Crippen molar-refractivity contribution in [2.24, 2.45) is 0 Å². The van der Waals surface area contributed by atoms with Gasteiger partial charge in [0.2, 0.25) is 0 Å². The van der Waals surface area contributed by atoms with E-state index < -0.39 is 11.1 Å². The molecule has 4 heteroatoms. The average molecular weight is 258 g/mol. The fraction of sp³-hybridized carbons (Fsp3) is 0.538. The highest BCUT2D eigenvalue weighted by Gasteiger charge is 2.34. The number of aliphatic hydroxyl groups is 1. The summed E-state index contributed by atoms with van der Waals surface area (Å²) in [5, 5.41) is 23.3. The summed E-state index contributed by atoms with van der Waals surface area (Å²) in [7, 11) is 0. The molecule has 0 heterocycles. The zero-order valence-corrected chi connectivity index (χ0v) is 11.5. The number of rotatable bonds is 4. The minimum absolute atomic E-state index is 0.0909. The zero-order valence-electron chi connectivity index (χ0n) is 10.7. The fourth-order valence-corrected chi connectivity index (χ4v) is 1.43. The molecule has 0 atom stereocenters. The van der Waals surface area contributed by atoms with Crippen LogP contribution in [0.25, 0.3) is 0 Å². The van der Waals surface area contributed by atoms with Crippen molar-refractivity contribution in [3.8, 4) is 5.75 Å². The number of nitrogens with one attached hydrogen (secondary N) is 1. The molecular formula is C13H20ClNO2. The summed E-state index contributed by atoms with van der Waals surface area (Å²) in [5.74, 6) is 0.0909. The van der Waals surface area contributed by atoms with E-state index in [1.54, 1.807) is 32.0 Å². The van der Waals surface area contributed by atoms with Crippen molar-refractivity contribution in [1.29, 1.82) is 0 Å². The normalized spacial score (nSPS) is 12.8. The quantitative estimate of drug-likeness (QED) is 0.777. The molecule has 0 spiro atoms. The second kappa shape index (κ2) is 4.84. The second-order valence-electron chi connectivity index (χ2n) is 5.29. The van der Waals surface area contributed by atoms with Crippen molar-refractivity contribution in [3.63, 3.8) is 0 Å². The van der Waals surface area contributed by atoms with E-state index >= 15 is 0 Å². The van der Waals surface area contributed by atoms with Crippen LogP contribution in [0.2, 0.25) is 5.02 Å². The first-order chi connectivity index (χ1) is 7.65. The molecule has 0 aliphatic carbocycles. The van der Waals surface area contributed by atoms with Gasteiger partial charge in [0.15, 0.2) is 0 Å². The van der Waals surface area contributed by atoms with Crippen LogP contribution in [0.15, 0.2) is 18.2 Å². The molecule has 0 fully saturated rings. The van der Waals surface area contributed by atoms with Crippen molar-refractivity contribution < 1.29 is 10.2 Å². The van der Waals surface area contributed by atoms with E-state index in [2.05, 4.69) is 5.32 Å². The van der Waals surface area contributed by atoms with Crippen molar-refractivity contribution in [2.45, 2.75) is 45.4 Å². The van der Waals surface area contributed by atoms with Crippen LogP contribution in [0, 0.1) is 0 Å². The van der Waals surface area contributed by atoms with Crippen LogP contribution in [0.5, 0.6) is 5.75 Å². The molecule has 0 unspecified atom stereocenters. The Morgan fingerprint density at radius 1 is 1.24 bits per heavy atom. The third kappa shape index (κ3) is 3.35. The Kier molecular flexibility index (Phi) is 4.07. The summed E-state index contributed by atoms with van der Waals surface area (Å²) >= 11 is 5.83. The SMILES string of the molecule is CC(C)(O)C(C)(C)NCc1cccc(Cl)c1O. The van der Waals surface area contributed by atoms with Crippen LogP contribution in [-0.4, -0.2) is 21.4 Å². The predicted molar refractivity (Wildman–Crippen MR) is 70.3 cm³/mol. The number of halogens is 1. The Balaban J connectivity index is 2.78. The Morgan fingerprint density at radius 3 is 2.35 bits per heavy atom. The van der Waals surface area contributed by atoms with Gasteiger partial charge in [-0.05, 0) is 33.8 Å². The number of aromatic hydroxyl groups is 1. The van der Waals surface area contributed by atoms with Crippen LogP contribution in [0.1, 0.15) is 33.3 Å². The third-order valence-corrected chi connectivity index (χ3v) is 3.63. The Labute approximate surface area is 107 Å². The smallest absolute Gasteiger partial charge is 0.138 e. The van der Waals surface area contributed by atoms with Crippen molar-refractivity contribution >= 4 is 11.6 Å². The molecule has 3 N–H and O–H groups in total. The highest BCUT2D eigenvalue weighted by molar-refractivity contribution is 6.32. The first kappa shape index (κ1) is 14.3. The first-order valence-electron chi connectivity index (χ1n) is 5.59. The summed E-state index contributed by atoms with van der Waals surface area (Å²) in [6, 6.07) is 5.23. The standard InChI is InChI=1S/C13H20ClNO2/c1-12(2,13(3,4)17)15-8-9-6-5-7-10(14)11(9)16/h5-7,15-17H,8H2,1-4H3. The van der Waals surface area contributed by atoms with Crippen molar-refractivity contribution in [2.75, 3.05) is 0 Å². The molecule has 0 radical (unpaired) electrons. The van der Waals surface area contributed by atoms with Crippen LogP contribution >= 0.6 is 11.6 Å². The van der Waals surface area contributed by atoms with E-state index in [0.717, 1.165) is 5.56 Å². The molecule has 0 amide bonds. The number of hydrogen-bond acceptors (Lipinski definition) is 3. The summed E-state index contributed by atoms with van der Waals surface area (Å²) in [6.45, 7) is 7.77. The topological polar surface area (TPSA) is 52.5 Å². The summed E-state index contributed by atoms with van der Waals surface area (Å²) in [4.78, 5) is 0. The monoisotopic (exact) mass is 257 g/mol. The molecule has 17 heavy (non-hydrogen) atoms. The molecule has 1 aromatic rings. The molecule has 0 saturated carbocycles. The molecular weight excluding hydrogens is 238 g/mol. The van der Waals surface area contributed by atoms with E-state index in [1.807, 2.05) is 13.8 Å². The van der Waals surface area contributed by atoms with Gasteiger partial charge in [0.05, 0.1) is 10.6 Å². The lowest BCUT2D eigenvalue weighted by Gasteiger charge is -2.38. The number of hydrogen-bond donors (Lipinski definition) is 3. The molecule has 1 aromatic carbocycles. The Hall–Kier alpha value is -0.770. The van der Waals surface area contributed by atoms with Gasteiger partial charge < -0.3 is 15.5 Å². The fourth-order valence-electron chi connectivity index (χ4n) is 1.24. The molecule has 3 nitrogen and oxygen atoms in total. The Bertz CT molecular complexity index is 397. The summed E-state index contributed by atoms with van der Waals surface area (Å²) in [5.41, 5.74) is -0.613. The van der Waals surface area contributed by atoms with E-state index in [1.165, 1.54) is 0 Å². The highest BCUT2D eigenvalue weighted by Crippen LogP contribution is 2.28. The van der Waals surface area contributed by atoms with E-state index in [0.29, 0.717) is 11.6 Å². The van der Waals surface area contributed by atoms with Gasteiger partial charge in [-0.2, -0.15) is 0 Å². The van der Waals surface area contributed by atoms with Gasteiger partial charge in [-0.15, -0.1) is 0 Å². The first-order valence-corrected chi connectivity index (χ1v) is 5.97. The molecule has 0 aliphatic heterocycles. The second-order valence-corrected chi connectivity index (χ2v) is 5.69. The Morgan fingerprint density at radius 2 is 1.82 bits per heavy atom. The predicted octanol–water partition coefficient (Wildman–Crippen LogP) is 2.68. The molecule has 96 valence electrons. The van der Waals surface area contributed by atoms with E-state index in [-0.39, 0.29) is 5.75 Å². The van der Waals surface area contributed by atoms with Crippen LogP contribution in [0.4, 0.5) is 0 Å². The van der Waals surface area contributed by atoms with E-state index in [4.69, 9.17) is 11.6 Å². The average Bonchev–Trinajstić information content (AvgIpc) is 2.18. The number of phenols is 1. The number of benzene rings is 1. The minimum Gasteiger partial charge on any atom is -0.506 e. The minimum atomic E-state index is -0.860. The van der Waals surface area contributed by atoms with Gasteiger partial charge in [0.1, 0.15) is 5.75 Å². The zero-order chi connectivity index (χ0) is 13.3. The van der Waals surface area contributed by atoms with Crippen molar-refractivity contribution in [1.82, 2.24) is 5.32 Å². The summed E-state index contributed by atoms with van der Waals surface area (Å²) in [6.07, 6.45) is 0. The molecule has 0 aromatic heterocycles. The lowest BCUT2D eigenvalue weighted by atomic mass is 9.86. The van der Waals surface area contributed by atoms with Gasteiger partial charge in [-0.1, -0.05) is 23.7 Å². The lowest BCUT2D eigenvalue weighted by Crippen LogP contribution is -2.55. The highest BCUT2D eigenvalue weighted by atomic mass is 35.5. The largest absolute Gasteiger partial charge is 0.506 e. The number of phenolic OH excluding ortho intramolecular Hbond substituents is 1. The summed E-state index contributed by atoms with van der Waals surface area (Å²) < 4.78 is 0. The van der Waals surface area contributed by atoms with Gasteiger partial charge in [-0.3, -0.25) is 0 Å². The van der Waals surface area contributed by atoms with Gasteiger partial charge in [0.25, 0.3) is 0 Å². The lowest BCUT2D eigenvalue weighted by molar-refractivity contribution is -0.00539. The third-order valence-electron chi connectivity index (χ3n) is 3.32. The van der Waals surface area contributed by atoms with Crippen LogP contribution in [0.3, 0.4) is 0 Å². The molecule has 0 aliphatic rings. The van der Waals surface area contributed by atoms with Crippen LogP contribution < -0.4 is 5.32 Å². The van der Waals surface area contributed by atoms with Gasteiger partial charge in [0, 0.05) is 17.6 Å². The molecule has 1 rings (SSSR count). The maximum atomic E-state index is 10.00. The maximum Gasteiger partial charge on any atom is 0.138 e. The maximum absolute atomic E-state index is 10.00. The van der Waals surface area contributed by atoms with Crippen molar-refractivity contribution in [3.05, 3.63) is 28.8 Å². The van der Waals surface area contributed by atoms with E-state index in [9.17, 15) is 10.2 Å². The van der Waals surface area contributed by atoms with Gasteiger partial charge in [-0.25, -0.2) is 0 Å². The van der Waals surface area contributed by atoms with Gasteiger partial charge >= 0.3 is 0 Å². The van der Waals surface area contributed by atoms with Crippen LogP contribution in [-0.2, 0) is 6.54 Å². The molecule has 0 saturated heterocycles. The molecule has 0 bridgehead atoms. The number of para-hydroxylation sites is 1.